The van der Waals surface area contributed by atoms with Gasteiger partial charge < -0.3 is 15.2 Å². The summed E-state index contributed by atoms with van der Waals surface area (Å²) in [5.41, 5.74) is 6.78. The Labute approximate surface area is 97.6 Å². The minimum absolute atomic E-state index is 0.0112. The van der Waals surface area contributed by atoms with Crippen LogP contribution in [0.3, 0.4) is 0 Å². The largest absolute Gasteiger partial charge is 0.493 e. The van der Waals surface area contributed by atoms with Gasteiger partial charge in [0.05, 0.1) is 13.2 Å². The molecular formula is C13H21NO2. The van der Waals surface area contributed by atoms with Gasteiger partial charge in [0.15, 0.2) is 0 Å². The molecule has 0 heterocycles. The third kappa shape index (κ3) is 4.21. The van der Waals surface area contributed by atoms with E-state index in [-0.39, 0.29) is 5.41 Å². The molecule has 3 heteroatoms. The van der Waals surface area contributed by atoms with E-state index in [0.717, 1.165) is 11.3 Å². The lowest BCUT2D eigenvalue weighted by Gasteiger charge is -2.22. The highest BCUT2D eigenvalue weighted by atomic mass is 16.5. The first kappa shape index (κ1) is 13.0. The van der Waals surface area contributed by atoms with Crippen molar-refractivity contribution < 1.29 is 9.47 Å². The average Bonchev–Trinajstić information content (AvgIpc) is 2.28. The van der Waals surface area contributed by atoms with Gasteiger partial charge in [-0.2, -0.15) is 0 Å². The lowest BCUT2D eigenvalue weighted by Crippen LogP contribution is -2.30. The minimum Gasteiger partial charge on any atom is -0.493 e. The highest BCUT2D eigenvalue weighted by Crippen LogP contribution is 2.18. The van der Waals surface area contributed by atoms with Gasteiger partial charge in [0.1, 0.15) is 5.75 Å². The summed E-state index contributed by atoms with van der Waals surface area (Å²) in [7, 11) is 1.69. The number of ether oxygens (including phenoxy) is 2. The molecule has 90 valence electrons. The first-order valence-electron chi connectivity index (χ1n) is 5.48. The van der Waals surface area contributed by atoms with Gasteiger partial charge in [-0.3, -0.25) is 0 Å². The van der Waals surface area contributed by atoms with Crippen LogP contribution in [0, 0.1) is 5.41 Å². The molecule has 0 bridgehead atoms. The Morgan fingerprint density at radius 1 is 1.31 bits per heavy atom. The number of hydrogen-bond donors (Lipinski definition) is 1. The smallest absolute Gasteiger partial charge is 0.119 e. The maximum absolute atomic E-state index is 5.71. The van der Waals surface area contributed by atoms with Crippen molar-refractivity contribution in [1.29, 1.82) is 0 Å². The van der Waals surface area contributed by atoms with E-state index in [9.17, 15) is 0 Å². The number of nitrogens with two attached hydrogens (primary N) is 1. The quantitative estimate of drug-likeness (QED) is 0.804. The van der Waals surface area contributed by atoms with Crippen molar-refractivity contribution in [3.8, 4) is 5.75 Å². The van der Waals surface area contributed by atoms with Gasteiger partial charge >= 0.3 is 0 Å². The van der Waals surface area contributed by atoms with Crippen molar-refractivity contribution in [2.24, 2.45) is 11.1 Å². The highest BCUT2D eigenvalue weighted by Gasteiger charge is 2.16. The molecule has 0 amide bonds. The van der Waals surface area contributed by atoms with Gasteiger partial charge in [-0.15, -0.1) is 0 Å². The molecule has 0 saturated heterocycles. The Bertz CT molecular complexity index is 323. The maximum Gasteiger partial charge on any atom is 0.119 e. The summed E-state index contributed by atoms with van der Waals surface area (Å²) in [5, 5.41) is 0. The van der Waals surface area contributed by atoms with Crippen molar-refractivity contribution in [3.05, 3.63) is 29.8 Å². The van der Waals surface area contributed by atoms with Crippen molar-refractivity contribution in [2.75, 3.05) is 20.3 Å². The van der Waals surface area contributed by atoms with E-state index >= 15 is 0 Å². The first-order valence-corrected chi connectivity index (χ1v) is 5.48. The van der Waals surface area contributed by atoms with E-state index in [4.69, 9.17) is 15.2 Å². The van der Waals surface area contributed by atoms with Crippen LogP contribution in [0.25, 0.3) is 0 Å². The van der Waals surface area contributed by atoms with Crippen LogP contribution in [0.15, 0.2) is 24.3 Å². The molecule has 0 aliphatic rings. The van der Waals surface area contributed by atoms with Gasteiger partial charge in [-0.05, 0) is 17.7 Å². The molecule has 0 aliphatic carbocycles. The average molecular weight is 223 g/mol. The summed E-state index contributed by atoms with van der Waals surface area (Å²) < 4.78 is 10.8. The van der Waals surface area contributed by atoms with E-state index in [1.807, 2.05) is 24.3 Å². The van der Waals surface area contributed by atoms with Crippen LogP contribution in [0.4, 0.5) is 0 Å². The number of benzene rings is 1. The summed E-state index contributed by atoms with van der Waals surface area (Å²) in [4.78, 5) is 0. The standard InChI is InChI=1S/C13H21NO2/c1-13(2,9-14)10-16-12-6-4-5-11(7-12)8-15-3/h4-7H,8-10,14H2,1-3H3. The van der Waals surface area contributed by atoms with E-state index in [0.29, 0.717) is 19.8 Å². The van der Waals surface area contributed by atoms with E-state index in [1.165, 1.54) is 0 Å². The van der Waals surface area contributed by atoms with Gasteiger partial charge in [-0.1, -0.05) is 26.0 Å². The fraction of sp³-hybridized carbons (Fsp3) is 0.538. The van der Waals surface area contributed by atoms with Gasteiger partial charge in [0, 0.05) is 19.1 Å². The fourth-order valence-electron chi connectivity index (χ4n) is 1.23. The summed E-state index contributed by atoms with van der Waals surface area (Å²) >= 11 is 0. The van der Waals surface area contributed by atoms with Gasteiger partial charge in [0.25, 0.3) is 0 Å². The lowest BCUT2D eigenvalue weighted by molar-refractivity contribution is 0.179. The van der Waals surface area contributed by atoms with Crippen LogP contribution in [0.2, 0.25) is 0 Å². The molecule has 0 unspecified atom stereocenters. The van der Waals surface area contributed by atoms with E-state index in [2.05, 4.69) is 13.8 Å². The zero-order valence-corrected chi connectivity index (χ0v) is 10.3. The van der Waals surface area contributed by atoms with Crippen molar-refractivity contribution in [3.63, 3.8) is 0 Å². The molecular weight excluding hydrogens is 202 g/mol. The van der Waals surface area contributed by atoms with E-state index < -0.39 is 0 Å². The molecule has 16 heavy (non-hydrogen) atoms. The Morgan fingerprint density at radius 3 is 2.69 bits per heavy atom. The fourth-order valence-corrected chi connectivity index (χ4v) is 1.23. The zero-order chi connectivity index (χ0) is 12.0. The molecule has 3 nitrogen and oxygen atoms in total. The second kappa shape index (κ2) is 5.87. The van der Waals surface area contributed by atoms with Crippen LogP contribution in [-0.2, 0) is 11.3 Å². The Kier molecular flexibility index (Phi) is 4.77. The monoisotopic (exact) mass is 223 g/mol. The van der Waals surface area contributed by atoms with Crippen LogP contribution < -0.4 is 10.5 Å². The zero-order valence-electron chi connectivity index (χ0n) is 10.3. The number of rotatable bonds is 6. The molecule has 1 rings (SSSR count). The number of methoxy groups -OCH3 is 1. The predicted octanol–water partition coefficient (Wildman–Crippen LogP) is 2.20. The predicted molar refractivity (Wildman–Crippen MR) is 65.5 cm³/mol. The summed E-state index contributed by atoms with van der Waals surface area (Å²) in [6, 6.07) is 7.94. The van der Waals surface area contributed by atoms with Crippen LogP contribution in [0.5, 0.6) is 5.75 Å². The van der Waals surface area contributed by atoms with Crippen molar-refractivity contribution >= 4 is 0 Å². The lowest BCUT2D eigenvalue weighted by atomic mass is 9.95. The molecule has 0 aromatic heterocycles. The first-order chi connectivity index (χ1) is 7.57. The SMILES string of the molecule is COCc1cccc(OCC(C)(C)CN)c1. The molecule has 1 aromatic rings. The molecule has 0 aliphatic heterocycles. The Morgan fingerprint density at radius 2 is 2.06 bits per heavy atom. The van der Waals surface area contributed by atoms with Gasteiger partial charge in [-0.25, -0.2) is 0 Å². The van der Waals surface area contributed by atoms with Gasteiger partial charge in [0.2, 0.25) is 0 Å². The second-order valence-electron chi connectivity index (χ2n) is 4.74. The highest BCUT2D eigenvalue weighted by molar-refractivity contribution is 5.28. The van der Waals surface area contributed by atoms with E-state index in [1.54, 1.807) is 7.11 Å². The normalized spacial score (nSPS) is 11.5. The third-order valence-corrected chi connectivity index (χ3v) is 2.39. The van der Waals surface area contributed by atoms with Crippen molar-refractivity contribution in [2.45, 2.75) is 20.5 Å². The van der Waals surface area contributed by atoms with Crippen molar-refractivity contribution in [1.82, 2.24) is 0 Å². The Hall–Kier alpha value is -1.06. The topological polar surface area (TPSA) is 44.5 Å². The van der Waals surface area contributed by atoms with Crippen LogP contribution in [0.1, 0.15) is 19.4 Å². The molecule has 2 N–H and O–H groups in total. The molecule has 0 atom stereocenters. The molecule has 1 aromatic carbocycles. The summed E-state index contributed by atoms with van der Waals surface area (Å²) in [6.07, 6.45) is 0. The Balaban J connectivity index is 2.57. The summed E-state index contributed by atoms with van der Waals surface area (Å²) in [6.45, 7) is 6.03. The molecule has 0 fully saturated rings. The minimum atomic E-state index is 0.0112. The maximum atomic E-state index is 5.71. The number of hydrogen-bond acceptors (Lipinski definition) is 3. The molecule has 0 radical (unpaired) electrons. The molecule has 0 saturated carbocycles. The van der Waals surface area contributed by atoms with Crippen LogP contribution >= 0.6 is 0 Å². The third-order valence-electron chi connectivity index (χ3n) is 2.39. The second-order valence-corrected chi connectivity index (χ2v) is 4.74. The molecule has 0 spiro atoms. The summed E-state index contributed by atoms with van der Waals surface area (Å²) in [5.74, 6) is 0.871. The van der Waals surface area contributed by atoms with Crippen LogP contribution in [-0.4, -0.2) is 20.3 Å².